The van der Waals surface area contributed by atoms with Gasteiger partial charge in [-0.05, 0) is 40.8 Å². The number of sulfonamides is 1. The quantitative estimate of drug-likeness (QED) is 0.886. The highest BCUT2D eigenvalue weighted by atomic mass is 35.5. The van der Waals surface area contributed by atoms with Gasteiger partial charge in [0.05, 0.1) is 5.02 Å². The van der Waals surface area contributed by atoms with Gasteiger partial charge < -0.3 is 0 Å². The van der Waals surface area contributed by atoms with Crippen molar-refractivity contribution < 1.29 is 13.2 Å². The molecule has 0 aromatic carbocycles. The Morgan fingerprint density at radius 3 is 2.38 bits per heavy atom. The van der Waals surface area contributed by atoms with E-state index < -0.39 is 15.9 Å². The molecule has 0 saturated carbocycles. The monoisotopic (exact) mass is 381 g/mol. The molecule has 0 atom stereocenters. The van der Waals surface area contributed by atoms with Crippen molar-refractivity contribution in [2.24, 2.45) is 5.92 Å². The molecule has 1 aliphatic rings. The van der Waals surface area contributed by atoms with Gasteiger partial charge in [0, 0.05) is 5.92 Å². The predicted octanol–water partition coefficient (Wildman–Crippen LogP) is 3.34. The highest BCUT2D eigenvalue weighted by Gasteiger charge is 2.31. The van der Waals surface area contributed by atoms with Crippen molar-refractivity contribution in [3.05, 3.63) is 37.3 Å². The molecule has 21 heavy (non-hydrogen) atoms. The Labute approximate surface area is 139 Å². The van der Waals surface area contributed by atoms with Crippen LogP contribution in [0.3, 0.4) is 0 Å². The lowest BCUT2D eigenvalue weighted by Gasteiger charge is -2.10. The summed E-state index contributed by atoms with van der Waals surface area (Å²) in [6.07, 6.45) is 1.15. The predicted molar refractivity (Wildman–Crippen MR) is 84.9 cm³/mol. The van der Waals surface area contributed by atoms with Gasteiger partial charge in [-0.3, -0.25) is 4.79 Å². The van der Waals surface area contributed by atoms with Crippen LogP contribution in [0.5, 0.6) is 0 Å². The van der Waals surface area contributed by atoms with Gasteiger partial charge in [-0.25, -0.2) is 13.1 Å². The van der Waals surface area contributed by atoms with E-state index in [1.54, 1.807) is 11.3 Å². The third-order valence-electron chi connectivity index (χ3n) is 3.26. The summed E-state index contributed by atoms with van der Waals surface area (Å²) in [4.78, 5) is 12.1. The van der Waals surface area contributed by atoms with Crippen LogP contribution in [0.15, 0.2) is 21.0 Å². The summed E-state index contributed by atoms with van der Waals surface area (Å²) < 4.78 is 26.5. The molecular weight excluding hydrogens is 373 g/mol. The first-order chi connectivity index (χ1) is 9.87. The van der Waals surface area contributed by atoms with Crippen LogP contribution in [-0.4, -0.2) is 14.3 Å². The fourth-order valence-corrected chi connectivity index (χ4v) is 6.04. The van der Waals surface area contributed by atoms with E-state index in [1.165, 1.54) is 6.07 Å². The zero-order valence-electron chi connectivity index (χ0n) is 10.4. The largest absolute Gasteiger partial charge is 0.274 e. The van der Waals surface area contributed by atoms with Crippen LogP contribution in [0.2, 0.25) is 9.36 Å². The molecule has 2 aromatic heterocycles. The topological polar surface area (TPSA) is 63.2 Å². The Kier molecular flexibility index (Phi) is 4.04. The molecular formula is C12H9Cl2NO3S3. The first kappa shape index (κ1) is 15.3. The Morgan fingerprint density at radius 1 is 1.24 bits per heavy atom. The van der Waals surface area contributed by atoms with Crippen LogP contribution in [0, 0.1) is 5.92 Å². The van der Waals surface area contributed by atoms with Crippen molar-refractivity contribution in [1.29, 1.82) is 0 Å². The normalized spacial score (nSPS) is 15.1. The second-order valence-corrected chi connectivity index (χ2v) is 9.40. The van der Waals surface area contributed by atoms with E-state index in [-0.39, 0.29) is 19.5 Å². The van der Waals surface area contributed by atoms with Crippen molar-refractivity contribution >= 4 is 61.8 Å². The van der Waals surface area contributed by atoms with Crippen LogP contribution in [0.4, 0.5) is 0 Å². The molecule has 1 amide bonds. The number of carbonyl (C=O) groups is 1. The molecule has 0 radical (unpaired) electrons. The van der Waals surface area contributed by atoms with E-state index in [1.807, 2.05) is 10.8 Å². The Balaban J connectivity index is 1.74. The minimum atomic E-state index is -3.92. The van der Waals surface area contributed by atoms with Gasteiger partial charge in [0.1, 0.15) is 8.55 Å². The minimum absolute atomic E-state index is 0.0574. The molecule has 9 heteroatoms. The van der Waals surface area contributed by atoms with Crippen LogP contribution in [0.25, 0.3) is 0 Å². The van der Waals surface area contributed by atoms with Crippen LogP contribution in [0.1, 0.15) is 11.1 Å². The third kappa shape index (κ3) is 2.98. The fourth-order valence-electron chi connectivity index (χ4n) is 2.22. The van der Waals surface area contributed by atoms with Crippen molar-refractivity contribution in [3.8, 4) is 0 Å². The molecule has 0 unspecified atom stereocenters. The fraction of sp³-hybridized carbons (Fsp3) is 0.250. The number of hydrogen-bond donors (Lipinski definition) is 1. The zero-order valence-corrected chi connectivity index (χ0v) is 14.4. The summed E-state index contributed by atoms with van der Waals surface area (Å²) in [5.74, 6) is -0.832. The summed E-state index contributed by atoms with van der Waals surface area (Å²) in [6.45, 7) is 0. The molecule has 112 valence electrons. The summed E-state index contributed by atoms with van der Waals surface area (Å²) in [5.41, 5.74) is 2.25. The molecule has 2 aromatic rings. The van der Waals surface area contributed by atoms with Crippen LogP contribution >= 0.6 is 45.9 Å². The molecule has 0 saturated heterocycles. The average Bonchev–Trinajstić information content (AvgIpc) is 3.04. The Bertz CT molecular complexity index is 770. The molecule has 3 rings (SSSR count). The van der Waals surface area contributed by atoms with Gasteiger partial charge in [-0.15, -0.1) is 11.3 Å². The smallest absolute Gasteiger partial charge is 0.273 e. The van der Waals surface area contributed by atoms with E-state index in [2.05, 4.69) is 4.72 Å². The SMILES string of the molecule is O=C(NS(=O)(=O)c1cc(Cl)c(Cl)s1)C1Cc2cscc2C1. The van der Waals surface area contributed by atoms with Gasteiger partial charge in [0.2, 0.25) is 5.91 Å². The molecule has 1 N–H and O–H groups in total. The number of carbonyl (C=O) groups excluding carboxylic acids is 1. The number of hydrogen-bond acceptors (Lipinski definition) is 5. The first-order valence-electron chi connectivity index (χ1n) is 5.92. The molecule has 0 fully saturated rings. The maximum atomic E-state index is 12.1. The molecule has 4 nitrogen and oxygen atoms in total. The number of thiophene rings is 2. The van der Waals surface area contributed by atoms with Crippen LogP contribution < -0.4 is 4.72 Å². The summed E-state index contributed by atoms with van der Waals surface area (Å²) >= 11 is 13.9. The molecule has 0 aliphatic heterocycles. The Hall–Kier alpha value is -0.600. The van der Waals surface area contributed by atoms with E-state index in [9.17, 15) is 13.2 Å². The third-order valence-corrected chi connectivity index (χ3v) is 7.79. The van der Waals surface area contributed by atoms with E-state index in [0.717, 1.165) is 22.5 Å². The number of halogens is 2. The van der Waals surface area contributed by atoms with Gasteiger partial charge in [0.15, 0.2) is 0 Å². The maximum absolute atomic E-state index is 12.1. The van der Waals surface area contributed by atoms with Crippen molar-refractivity contribution in [2.75, 3.05) is 0 Å². The van der Waals surface area contributed by atoms with Gasteiger partial charge >= 0.3 is 0 Å². The maximum Gasteiger partial charge on any atom is 0.273 e. The summed E-state index contributed by atoms with van der Waals surface area (Å²) in [5, 5.41) is 4.16. The van der Waals surface area contributed by atoms with Gasteiger partial charge in [0.25, 0.3) is 10.0 Å². The summed E-state index contributed by atoms with van der Waals surface area (Å²) in [6, 6.07) is 1.25. The second-order valence-electron chi connectivity index (χ2n) is 4.68. The number of rotatable bonds is 3. The van der Waals surface area contributed by atoms with Crippen molar-refractivity contribution in [2.45, 2.75) is 17.1 Å². The van der Waals surface area contributed by atoms with Crippen molar-refractivity contribution in [3.63, 3.8) is 0 Å². The molecule has 0 spiro atoms. The van der Waals surface area contributed by atoms with Gasteiger partial charge in [-0.2, -0.15) is 11.3 Å². The Morgan fingerprint density at radius 2 is 1.86 bits per heavy atom. The standard InChI is InChI=1S/C12H9Cl2NO3S3/c13-9-3-10(20-11(9)14)21(17,18)15-12(16)6-1-7-4-19-5-8(7)2-6/h3-6H,1-2H2,(H,15,16). The lowest BCUT2D eigenvalue weighted by Crippen LogP contribution is -2.35. The van der Waals surface area contributed by atoms with E-state index in [0.29, 0.717) is 12.8 Å². The second kappa shape index (κ2) is 5.55. The number of amides is 1. The first-order valence-corrected chi connectivity index (χ1v) is 9.92. The minimum Gasteiger partial charge on any atom is -0.274 e. The average molecular weight is 382 g/mol. The molecule has 1 aliphatic carbocycles. The lowest BCUT2D eigenvalue weighted by molar-refractivity contribution is -0.122. The van der Waals surface area contributed by atoms with E-state index >= 15 is 0 Å². The van der Waals surface area contributed by atoms with E-state index in [4.69, 9.17) is 23.2 Å². The zero-order chi connectivity index (χ0) is 15.2. The van der Waals surface area contributed by atoms with Gasteiger partial charge in [-0.1, -0.05) is 23.2 Å². The van der Waals surface area contributed by atoms with Crippen molar-refractivity contribution in [1.82, 2.24) is 4.72 Å². The molecule has 2 heterocycles. The highest BCUT2D eigenvalue weighted by molar-refractivity contribution is 7.92. The number of nitrogens with one attached hydrogen (secondary N) is 1. The highest BCUT2D eigenvalue weighted by Crippen LogP contribution is 2.34. The number of fused-ring (bicyclic) bond motifs is 1. The van der Waals surface area contributed by atoms with Crippen LogP contribution in [-0.2, 0) is 27.7 Å². The molecule has 0 bridgehead atoms. The summed E-state index contributed by atoms with van der Waals surface area (Å²) in [7, 11) is -3.92. The lowest BCUT2D eigenvalue weighted by atomic mass is 10.1.